The summed E-state index contributed by atoms with van der Waals surface area (Å²) in [6.45, 7) is 2.33. The molecule has 17 heavy (non-hydrogen) atoms. The van der Waals surface area contributed by atoms with Crippen LogP contribution in [0.2, 0.25) is 0 Å². The number of aliphatic hydroxyl groups excluding tert-OH is 1. The number of halogens is 5. The van der Waals surface area contributed by atoms with Crippen LogP contribution in [0, 0.1) is 35.0 Å². The summed E-state index contributed by atoms with van der Waals surface area (Å²) >= 11 is 0. The number of rotatable bonds is 3. The van der Waals surface area contributed by atoms with Crippen molar-refractivity contribution in [2.45, 2.75) is 19.8 Å². The van der Waals surface area contributed by atoms with Crippen LogP contribution in [-0.2, 0) is 0 Å². The molecule has 0 aliphatic carbocycles. The predicted molar refractivity (Wildman–Crippen MR) is 50.9 cm³/mol. The highest BCUT2D eigenvalue weighted by molar-refractivity contribution is 5.28. The van der Waals surface area contributed by atoms with Gasteiger partial charge in [0.15, 0.2) is 23.3 Å². The lowest BCUT2D eigenvalue weighted by atomic mass is 9.88. The van der Waals surface area contributed by atoms with Crippen LogP contribution in [0.3, 0.4) is 0 Å². The largest absolute Gasteiger partial charge is 0.396 e. The molecule has 0 aliphatic rings. The third-order valence-corrected chi connectivity index (χ3v) is 2.62. The second-order valence-electron chi connectivity index (χ2n) is 4.02. The van der Waals surface area contributed by atoms with E-state index in [0.29, 0.717) is 0 Å². The first-order valence-electron chi connectivity index (χ1n) is 4.95. The molecule has 1 rings (SSSR count). The van der Waals surface area contributed by atoms with Crippen molar-refractivity contribution < 1.29 is 27.1 Å². The van der Waals surface area contributed by atoms with Crippen LogP contribution >= 0.6 is 0 Å². The van der Waals surface area contributed by atoms with Crippen LogP contribution in [0.1, 0.15) is 25.3 Å². The second-order valence-corrected chi connectivity index (χ2v) is 4.02. The quantitative estimate of drug-likeness (QED) is 0.499. The zero-order valence-corrected chi connectivity index (χ0v) is 9.20. The molecule has 1 N–H and O–H groups in total. The maximum Gasteiger partial charge on any atom is 0.200 e. The van der Waals surface area contributed by atoms with Gasteiger partial charge >= 0.3 is 0 Å². The van der Waals surface area contributed by atoms with E-state index in [2.05, 4.69) is 0 Å². The number of aliphatic hydroxyl groups is 1. The highest BCUT2D eigenvalue weighted by Gasteiger charge is 2.31. The highest BCUT2D eigenvalue weighted by Crippen LogP contribution is 2.32. The minimum absolute atomic E-state index is 0.465. The maximum absolute atomic E-state index is 13.4. The number of hydrogen-bond donors (Lipinski definition) is 1. The Bertz CT molecular complexity index is 401. The van der Waals surface area contributed by atoms with Gasteiger partial charge in [0.1, 0.15) is 0 Å². The van der Waals surface area contributed by atoms with Crippen molar-refractivity contribution >= 4 is 0 Å². The average Bonchev–Trinajstić information content (AvgIpc) is 2.29. The van der Waals surface area contributed by atoms with E-state index in [0.717, 1.165) is 0 Å². The first kappa shape index (κ1) is 13.9. The van der Waals surface area contributed by atoms with Crippen molar-refractivity contribution in [3.63, 3.8) is 0 Å². The summed E-state index contributed by atoms with van der Waals surface area (Å²) in [6.07, 6.45) is 0. The molecule has 0 saturated carbocycles. The highest BCUT2D eigenvalue weighted by atomic mass is 19.2. The lowest BCUT2D eigenvalue weighted by molar-refractivity contribution is 0.226. The van der Waals surface area contributed by atoms with Gasteiger partial charge in [0, 0.05) is 11.5 Å². The van der Waals surface area contributed by atoms with Gasteiger partial charge in [-0.15, -0.1) is 0 Å². The number of hydrogen-bond acceptors (Lipinski definition) is 1. The van der Waals surface area contributed by atoms with Gasteiger partial charge in [-0.2, -0.15) is 0 Å². The Morgan fingerprint density at radius 3 is 1.47 bits per heavy atom. The van der Waals surface area contributed by atoms with Gasteiger partial charge in [0.05, 0.1) is 6.61 Å². The van der Waals surface area contributed by atoms with Crippen molar-refractivity contribution in [3.8, 4) is 0 Å². The van der Waals surface area contributed by atoms with Crippen LogP contribution in [-0.4, -0.2) is 11.7 Å². The van der Waals surface area contributed by atoms with Crippen molar-refractivity contribution in [2.24, 2.45) is 5.92 Å². The molecule has 1 aromatic rings. The van der Waals surface area contributed by atoms with E-state index < -0.39 is 53.1 Å². The normalized spacial score (nSPS) is 13.2. The van der Waals surface area contributed by atoms with Gasteiger partial charge in [0.2, 0.25) is 5.82 Å². The molecule has 0 amide bonds. The van der Waals surface area contributed by atoms with Crippen molar-refractivity contribution in [1.29, 1.82) is 0 Å². The molecule has 0 bridgehead atoms. The van der Waals surface area contributed by atoms with Gasteiger partial charge in [0.25, 0.3) is 0 Å². The zero-order valence-electron chi connectivity index (χ0n) is 9.20. The molecule has 0 radical (unpaired) electrons. The fourth-order valence-corrected chi connectivity index (χ4v) is 1.58. The van der Waals surface area contributed by atoms with Crippen LogP contribution in [0.4, 0.5) is 22.0 Å². The molecule has 0 heterocycles. The summed E-state index contributed by atoms with van der Waals surface area (Å²) < 4.78 is 65.4. The van der Waals surface area contributed by atoms with Gasteiger partial charge in [-0.3, -0.25) is 0 Å². The fraction of sp³-hybridized carbons (Fsp3) is 0.455. The summed E-state index contributed by atoms with van der Waals surface area (Å²) in [5, 5.41) is 8.98. The molecule has 0 saturated heterocycles. The van der Waals surface area contributed by atoms with E-state index >= 15 is 0 Å². The molecule has 0 aromatic heterocycles. The molecule has 1 nitrogen and oxygen atoms in total. The minimum atomic E-state index is -2.19. The molecule has 6 heteroatoms. The first-order chi connectivity index (χ1) is 7.82. The standard InChI is InChI=1S/C11H11F5O/c1-4(2)5(3-17)6-7(12)9(14)11(16)10(15)8(6)13/h4-5,17H,3H2,1-2H3. The van der Waals surface area contributed by atoms with E-state index in [1.54, 1.807) is 0 Å². The predicted octanol–water partition coefficient (Wildman–Crippen LogP) is 3.11. The molecule has 1 unspecified atom stereocenters. The summed E-state index contributed by atoms with van der Waals surface area (Å²) in [5.74, 6) is -11.5. The zero-order chi connectivity index (χ0) is 13.3. The third-order valence-electron chi connectivity index (χ3n) is 2.62. The molecule has 1 aromatic carbocycles. The van der Waals surface area contributed by atoms with E-state index in [9.17, 15) is 22.0 Å². The lowest BCUT2D eigenvalue weighted by Crippen LogP contribution is -2.18. The van der Waals surface area contributed by atoms with Gasteiger partial charge in [-0.05, 0) is 5.92 Å². The Kier molecular flexibility index (Phi) is 4.08. The molecule has 0 spiro atoms. The maximum atomic E-state index is 13.4. The SMILES string of the molecule is CC(C)C(CO)c1c(F)c(F)c(F)c(F)c1F. The topological polar surface area (TPSA) is 20.2 Å². The lowest BCUT2D eigenvalue weighted by Gasteiger charge is -2.20. The van der Waals surface area contributed by atoms with Crippen molar-refractivity contribution in [3.05, 3.63) is 34.6 Å². The Balaban J connectivity index is 3.53. The summed E-state index contributed by atoms with van der Waals surface area (Å²) in [4.78, 5) is 0. The number of benzene rings is 1. The molecular weight excluding hydrogens is 243 g/mol. The van der Waals surface area contributed by atoms with Crippen LogP contribution in [0.15, 0.2) is 0 Å². The van der Waals surface area contributed by atoms with Gasteiger partial charge in [-0.1, -0.05) is 13.8 Å². The Morgan fingerprint density at radius 1 is 0.824 bits per heavy atom. The monoisotopic (exact) mass is 254 g/mol. The van der Waals surface area contributed by atoms with E-state index in [4.69, 9.17) is 5.11 Å². The Labute approximate surface area is 94.9 Å². The van der Waals surface area contributed by atoms with Crippen LogP contribution in [0.5, 0.6) is 0 Å². The fourth-order valence-electron chi connectivity index (χ4n) is 1.58. The van der Waals surface area contributed by atoms with Gasteiger partial charge in [-0.25, -0.2) is 22.0 Å². The van der Waals surface area contributed by atoms with Gasteiger partial charge < -0.3 is 5.11 Å². The first-order valence-corrected chi connectivity index (χ1v) is 4.95. The third kappa shape index (κ3) is 2.26. The molecular formula is C11H11F5O. The Morgan fingerprint density at radius 2 is 1.18 bits per heavy atom. The summed E-state index contributed by atoms with van der Waals surface area (Å²) in [5.41, 5.74) is -0.959. The van der Waals surface area contributed by atoms with E-state index in [1.807, 2.05) is 0 Å². The second kappa shape index (κ2) is 5.00. The summed E-state index contributed by atoms with van der Waals surface area (Å²) in [7, 11) is 0. The van der Waals surface area contributed by atoms with E-state index in [-0.39, 0.29) is 0 Å². The smallest absolute Gasteiger partial charge is 0.200 e. The van der Waals surface area contributed by atoms with E-state index in [1.165, 1.54) is 13.8 Å². The molecule has 1 atom stereocenters. The van der Waals surface area contributed by atoms with Crippen LogP contribution < -0.4 is 0 Å². The molecule has 96 valence electrons. The minimum Gasteiger partial charge on any atom is -0.396 e. The Hall–Kier alpha value is -1.17. The van der Waals surface area contributed by atoms with Crippen LogP contribution in [0.25, 0.3) is 0 Å². The summed E-state index contributed by atoms with van der Waals surface area (Å²) in [6, 6.07) is 0. The van der Waals surface area contributed by atoms with Crippen molar-refractivity contribution in [1.82, 2.24) is 0 Å². The average molecular weight is 254 g/mol. The molecule has 0 aliphatic heterocycles. The molecule has 0 fully saturated rings. The van der Waals surface area contributed by atoms with Crippen molar-refractivity contribution in [2.75, 3.05) is 6.61 Å².